The van der Waals surface area contributed by atoms with Gasteiger partial charge in [0.05, 0.1) is 19.1 Å². The van der Waals surface area contributed by atoms with Crippen molar-refractivity contribution in [2.24, 2.45) is 0 Å². The van der Waals surface area contributed by atoms with Crippen LogP contribution in [0.5, 0.6) is 0 Å². The fourth-order valence-electron chi connectivity index (χ4n) is 3.42. The van der Waals surface area contributed by atoms with Gasteiger partial charge in [0.2, 0.25) is 5.91 Å². The molecule has 1 aliphatic carbocycles. The molecular formula is C19H32N4O3. The number of rotatable bonds is 5. The molecule has 0 bridgehead atoms. The Kier molecular flexibility index (Phi) is 9.17. The number of nitrogens with one attached hydrogen (secondary N) is 3. The molecule has 7 heteroatoms. The molecular weight excluding hydrogens is 332 g/mol. The second-order valence-corrected chi connectivity index (χ2v) is 7.14. The number of hydrogen-bond donors (Lipinski definition) is 4. The first-order chi connectivity index (χ1) is 12.7. The average Bonchev–Trinajstić information content (AvgIpc) is 3.16. The number of hydrogen-bond acceptors (Lipinski definition) is 4. The molecule has 1 fully saturated rings. The molecule has 146 valence electrons. The molecule has 1 heterocycles. The van der Waals surface area contributed by atoms with Crippen molar-refractivity contribution in [3.05, 3.63) is 18.2 Å². The van der Waals surface area contributed by atoms with Crippen molar-refractivity contribution >= 4 is 11.8 Å². The van der Waals surface area contributed by atoms with Gasteiger partial charge in [-0.15, -0.1) is 0 Å². The van der Waals surface area contributed by atoms with Gasteiger partial charge in [-0.2, -0.15) is 0 Å². The van der Waals surface area contributed by atoms with E-state index in [1.165, 1.54) is 57.5 Å². The standard InChI is InChI=1S/C19H32N4O3/c24-13-17(23-18(25)16-12-20-14-21-16)19(26)22-15-10-8-6-4-2-1-3-5-7-9-11-15/h12,14-15,17,24H,1-11,13H2,(H,20,21)(H,22,26)(H,23,25)/t17-/m0/s1. The lowest BCUT2D eigenvalue weighted by molar-refractivity contribution is -0.124. The van der Waals surface area contributed by atoms with Crippen molar-refractivity contribution in [1.82, 2.24) is 20.6 Å². The normalized spacial score (nSPS) is 19.0. The van der Waals surface area contributed by atoms with Crippen LogP contribution in [0.25, 0.3) is 0 Å². The molecule has 0 aromatic carbocycles. The van der Waals surface area contributed by atoms with Gasteiger partial charge in [0.15, 0.2) is 0 Å². The van der Waals surface area contributed by atoms with E-state index in [0.29, 0.717) is 0 Å². The summed E-state index contributed by atoms with van der Waals surface area (Å²) >= 11 is 0. The van der Waals surface area contributed by atoms with E-state index in [2.05, 4.69) is 20.6 Å². The largest absolute Gasteiger partial charge is 0.394 e. The molecule has 7 nitrogen and oxygen atoms in total. The minimum absolute atomic E-state index is 0.111. The smallest absolute Gasteiger partial charge is 0.270 e. The van der Waals surface area contributed by atoms with Crippen LogP contribution in [-0.2, 0) is 4.79 Å². The number of amides is 2. The number of aliphatic hydroxyl groups is 1. The van der Waals surface area contributed by atoms with Gasteiger partial charge in [-0.25, -0.2) is 4.98 Å². The highest BCUT2D eigenvalue weighted by molar-refractivity contribution is 5.96. The summed E-state index contributed by atoms with van der Waals surface area (Å²) in [4.78, 5) is 31.0. The monoisotopic (exact) mass is 364 g/mol. The molecule has 26 heavy (non-hydrogen) atoms. The van der Waals surface area contributed by atoms with Gasteiger partial charge in [0, 0.05) is 6.04 Å². The number of aliphatic hydroxyl groups excluding tert-OH is 1. The maximum atomic E-state index is 12.5. The van der Waals surface area contributed by atoms with Crippen LogP contribution in [0, 0.1) is 0 Å². The Morgan fingerprint density at radius 1 is 1.08 bits per heavy atom. The number of carbonyl (C=O) groups is 2. The predicted octanol–water partition coefficient (Wildman–Crippen LogP) is 2.29. The predicted molar refractivity (Wildman–Crippen MR) is 99.6 cm³/mol. The zero-order valence-corrected chi connectivity index (χ0v) is 15.5. The van der Waals surface area contributed by atoms with Crippen molar-refractivity contribution in [2.45, 2.75) is 82.7 Å². The molecule has 1 aliphatic rings. The van der Waals surface area contributed by atoms with Crippen molar-refractivity contribution in [1.29, 1.82) is 0 Å². The minimum Gasteiger partial charge on any atom is -0.394 e. The summed E-state index contributed by atoms with van der Waals surface area (Å²) in [6.45, 7) is -0.432. The average molecular weight is 364 g/mol. The number of H-pyrrole nitrogens is 1. The molecule has 0 aliphatic heterocycles. The number of nitrogens with zero attached hydrogens (tertiary/aromatic N) is 1. The van der Waals surface area contributed by atoms with E-state index in [-0.39, 0.29) is 17.6 Å². The molecule has 0 spiro atoms. The molecule has 2 rings (SSSR count). The second-order valence-electron chi connectivity index (χ2n) is 7.14. The van der Waals surface area contributed by atoms with E-state index < -0.39 is 18.6 Å². The van der Waals surface area contributed by atoms with Crippen LogP contribution >= 0.6 is 0 Å². The molecule has 1 aromatic heterocycles. The highest BCUT2D eigenvalue weighted by atomic mass is 16.3. The Bertz CT molecular complexity index is 521. The van der Waals surface area contributed by atoms with Gasteiger partial charge in [-0.3, -0.25) is 9.59 Å². The number of aromatic nitrogens is 2. The van der Waals surface area contributed by atoms with Gasteiger partial charge in [0.25, 0.3) is 5.91 Å². The van der Waals surface area contributed by atoms with Crippen LogP contribution in [0.1, 0.15) is 81.1 Å². The van der Waals surface area contributed by atoms with E-state index >= 15 is 0 Å². The SMILES string of the molecule is O=C(N[C@@H](CO)C(=O)NC1CCCCCCCCCCC1)c1cnc[nH]1. The zero-order valence-electron chi connectivity index (χ0n) is 15.5. The lowest BCUT2D eigenvalue weighted by Gasteiger charge is -2.23. The first kappa shape index (κ1) is 20.4. The molecule has 4 N–H and O–H groups in total. The third kappa shape index (κ3) is 7.15. The van der Waals surface area contributed by atoms with Crippen molar-refractivity contribution < 1.29 is 14.7 Å². The van der Waals surface area contributed by atoms with E-state index in [9.17, 15) is 14.7 Å². The molecule has 0 saturated heterocycles. The summed E-state index contributed by atoms with van der Waals surface area (Å²) in [5, 5.41) is 15.1. The first-order valence-electron chi connectivity index (χ1n) is 9.91. The minimum atomic E-state index is -0.952. The maximum absolute atomic E-state index is 12.5. The Balaban J connectivity index is 1.85. The molecule has 0 unspecified atom stereocenters. The van der Waals surface area contributed by atoms with Crippen LogP contribution in [0.2, 0.25) is 0 Å². The number of imidazole rings is 1. The first-order valence-corrected chi connectivity index (χ1v) is 9.91. The highest BCUT2D eigenvalue weighted by Crippen LogP contribution is 2.17. The van der Waals surface area contributed by atoms with E-state index in [1.54, 1.807) is 0 Å². The topological polar surface area (TPSA) is 107 Å². The third-order valence-corrected chi connectivity index (χ3v) is 5.00. The maximum Gasteiger partial charge on any atom is 0.270 e. The van der Waals surface area contributed by atoms with E-state index in [1.807, 2.05) is 0 Å². The Hall–Kier alpha value is -1.89. The van der Waals surface area contributed by atoms with Gasteiger partial charge in [-0.05, 0) is 12.8 Å². The molecule has 2 amide bonds. The summed E-state index contributed by atoms with van der Waals surface area (Å²) in [6.07, 6.45) is 15.8. The van der Waals surface area contributed by atoms with E-state index in [0.717, 1.165) is 25.7 Å². The van der Waals surface area contributed by atoms with Gasteiger partial charge < -0.3 is 20.7 Å². The van der Waals surface area contributed by atoms with Crippen LogP contribution < -0.4 is 10.6 Å². The lowest BCUT2D eigenvalue weighted by Crippen LogP contribution is -2.51. The van der Waals surface area contributed by atoms with Gasteiger partial charge in [-0.1, -0.05) is 57.8 Å². The van der Waals surface area contributed by atoms with Crippen LogP contribution in [0.4, 0.5) is 0 Å². The molecule has 1 saturated carbocycles. The second kappa shape index (κ2) is 11.7. The molecule has 1 aromatic rings. The van der Waals surface area contributed by atoms with Crippen molar-refractivity contribution in [2.75, 3.05) is 6.61 Å². The van der Waals surface area contributed by atoms with Crippen LogP contribution in [0.15, 0.2) is 12.5 Å². The Morgan fingerprint density at radius 2 is 1.65 bits per heavy atom. The summed E-state index contributed by atoms with van der Waals surface area (Å²) in [5.74, 6) is -0.771. The van der Waals surface area contributed by atoms with Crippen LogP contribution in [-0.4, -0.2) is 45.6 Å². The molecule has 0 radical (unpaired) electrons. The third-order valence-electron chi connectivity index (χ3n) is 5.00. The number of carbonyl (C=O) groups excluding carboxylic acids is 2. The van der Waals surface area contributed by atoms with Gasteiger partial charge in [0.1, 0.15) is 11.7 Å². The van der Waals surface area contributed by atoms with Crippen molar-refractivity contribution in [3.8, 4) is 0 Å². The quantitative estimate of drug-likeness (QED) is 0.643. The van der Waals surface area contributed by atoms with Gasteiger partial charge >= 0.3 is 0 Å². The van der Waals surface area contributed by atoms with Crippen molar-refractivity contribution in [3.63, 3.8) is 0 Å². The fourth-order valence-corrected chi connectivity index (χ4v) is 3.42. The molecule has 1 atom stereocenters. The summed E-state index contributed by atoms with van der Waals surface area (Å²) in [5.41, 5.74) is 0.266. The Morgan fingerprint density at radius 3 is 2.15 bits per heavy atom. The van der Waals surface area contributed by atoms with E-state index in [4.69, 9.17) is 0 Å². The summed E-state index contributed by atoms with van der Waals surface area (Å²) < 4.78 is 0. The Labute approximate surface area is 155 Å². The number of aromatic amines is 1. The van der Waals surface area contributed by atoms with Crippen LogP contribution in [0.3, 0.4) is 0 Å². The highest BCUT2D eigenvalue weighted by Gasteiger charge is 2.23. The summed E-state index contributed by atoms with van der Waals surface area (Å²) in [6, 6.07) is -0.841. The zero-order chi connectivity index (χ0) is 18.6. The summed E-state index contributed by atoms with van der Waals surface area (Å²) in [7, 11) is 0. The fraction of sp³-hybridized carbons (Fsp3) is 0.737. The lowest BCUT2D eigenvalue weighted by atomic mass is 9.97.